The van der Waals surface area contributed by atoms with E-state index in [2.05, 4.69) is 25.9 Å². The molecule has 4 aliphatic rings. The first kappa shape index (κ1) is 46.1. The van der Waals surface area contributed by atoms with Crippen LogP contribution in [-0.2, 0) is 14.3 Å². The Morgan fingerprint density at radius 3 is 2.14 bits per heavy atom. The van der Waals surface area contributed by atoms with Gasteiger partial charge in [-0.3, -0.25) is 9.59 Å². The Bertz CT molecular complexity index is 2880. The molecule has 10 rings (SSSR count). The highest BCUT2D eigenvalue weighted by atomic mass is 19.1. The van der Waals surface area contributed by atoms with E-state index in [0.29, 0.717) is 53.0 Å². The van der Waals surface area contributed by atoms with Crippen molar-refractivity contribution in [3.05, 3.63) is 96.1 Å². The maximum atomic E-state index is 17.0. The number of hydrogen-bond donors (Lipinski definition) is 4. The number of halogens is 1. The van der Waals surface area contributed by atoms with Gasteiger partial charge in [0.15, 0.2) is 0 Å². The molecule has 3 aromatic carbocycles. The van der Waals surface area contributed by atoms with Gasteiger partial charge in [-0.2, -0.15) is 0 Å². The molecule has 1 saturated carbocycles. The largest absolute Gasteiger partial charge is 0.490 e. The predicted molar refractivity (Wildman–Crippen MR) is 260 cm³/mol. The van der Waals surface area contributed by atoms with Crippen molar-refractivity contribution in [1.82, 2.24) is 39.6 Å². The van der Waals surface area contributed by atoms with Crippen LogP contribution in [-0.4, -0.2) is 90.6 Å². The lowest BCUT2D eigenvalue weighted by molar-refractivity contribution is -0.136. The van der Waals surface area contributed by atoms with Crippen LogP contribution in [0.15, 0.2) is 73.1 Å². The topological polar surface area (TPSA) is 186 Å². The third-order valence-corrected chi connectivity index (χ3v) is 14.5. The summed E-state index contributed by atoms with van der Waals surface area (Å²) in [4.78, 5) is 59.4. The Labute approximate surface area is 401 Å². The number of aromatic amines is 2. The smallest absolute Gasteiger partial charge is 0.407 e. The summed E-state index contributed by atoms with van der Waals surface area (Å²) in [7, 11) is 1.28. The van der Waals surface area contributed by atoms with Gasteiger partial charge in [-0.15, -0.1) is 0 Å². The van der Waals surface area contributed by atoms with Gasteiger partial charge in [-0.05, 0) is 106 Å². The number of H-pyrrole nitrogens is 2. The summed E-state index contributed by atoms with van der Waals surface area (Å²) in [5.41, 5.74) is 11.8. The number of ether oxygens (including phenoxy) is 3. The van der Waals surface area contributed by atoms with Gasteiger partial charge < -0.3 is 49.6 Å². The van der Waals surface area contributed by atoms with Crippen molar-refractivity contribution in [2.45, 2.75) is 122 Å². The van der Waals surface area contributed by atoms with E-state index in [4.69, 9.17) is 29.9 Å². The molecule has 0 spiro atoms. The van der Waals surface area contributed by atoms with Crippen molar-refractivity contribution >= 4 is 28.8 Å². The molecule has 1 aliphatic carbocycles. The molecule has 0 radical (unpaired) electrons. The number of nitrogens with zero attached hydrogens (tertiary/aromatic N) is 5. The highest BCUT2D eigenvalue weighted by molar-refractivity contribution is 5.93. The number of carbonyl (C=O) groups excluding carboxylic acids is 3. The number of methoxy groups -OCH3 is 1. The molecule has 16 heteroatoms. The molecule has 5 atom stereocenters. The van der Waals surface area contributed by atoms with Crippen LogP contribution in [0.25, 0.3) is 44.7 Å². The molecule has 362 valence electrons. The van der Waals surface area contributed by atoms with Gasteiger partial charge in [0.05, 0.1) is 71.9 Å². The molecular weight excluding hydrogens is 878 g/mol. The summed E-state index contributed by atoms with van der Waals surface area (Å²) in [6.45, 7) is 8.83. The molecule has 15 nitrogen and oxygen atoms in total. The molecule has 0 bridgehead atoms. The van der Waals surface area contributed by atoms with E-state index in [9.17, 15) is 14.4 Å². The molecule has 69 heavy (non-hydrogen) atoms. The summed E-state index contributed by atoms with van der Waals surface area (Å²) in [6.07, 6.45) is 11.0. The van der Waals surface area contributed by atoms with E-state index in [0.717, 1.165) is 84.8 Å². The zero-order valence-corrected chi connectivity index (χ0v) is 40.0. The van der Waals surface area contributed by atoms with Crippen LogP contribution in [0.5, 0.6) is 11.5 Å². The molecule has 2 saturated heterocycles. The van der Waals surface area contributed by atoms with Gasteiger partial charge in [-0.1, -0.05) is 52.3 Å². The number of aromatic nitrogens is 5. The summed E-state index contributed by atoms with van der Waals surface area (Å²) >= 11 is 0. The Morgan fingerprint density at radius 2 is 1.48 bits per heavy atom. The maximum Gasteiger partial charge on any atom is 0.407 e. The van der Waals surface area contributed by atoms with E-state index >= 15 is 4.39 Å². The highest BCUT2D eigenvalue weighted by Crippen LogP contribution is 2.48. The van der Waals surface area contributed by atoms with Crippen molar-refractivity contribution in [2.75, 3.05) is 20.2 Å². The fraction of sp³-hybridized carbons (Fsp3) is 0.453. The third kappa shape index (κ3) is 8.83. The number of nitrogens with two attached hydrogens (primary N) is 1. The second-order valence-corrected chi connectivity index (χ2v) is 19.8. The minimum absolute atomic E-state index is 0.00185. The Hall–Kier alpha value is -6.68. The van der Waals surface area contributed by atoms with Crippen LogP contribution in [0.1, 0.15) is 121 Å². The van der Waals surface area contributed by atoms with Crippen molar-refractivity contribution in [3.8, 4) is 45.3 Å². The quantitative estimate of drug-likeness (QED) is 0.0928. The lowest BCUT2D eigenvalue weighted by Gasteiger charge is -2.31. The second-order valence-electron chi connectivity index (χ2n) is 19.8. The van der Waals surface area contributed by atoms with Crippen LogP contribution in [0.4, 0.5) is 9.18 Å². The Morgan fingerprint density at radius 1 is 0.797 bits per heavy atom. The zero-order valence-electron chi connectivity index (χ0n) is 40.0. The summed E-state index contributed by atoms with van der Waals surface area (Å²) < 4.78 is 37.4. The monoisotopic (exact) mass is 939 g/mol. The van der Waals surface area contributed by atoms with Gasteiger partial charge in [0.2, 0.25) is 18.0 Å². The summed E-state index contributed by atoms with van der Waals surface area (Å²) in [5.74, 6) is 1.59. The zero-order chi connectivity index (χ0) is 48.1. The Kier molecular flexibility index (Phi) is 12.7. The second kappa shape index (κ2) is 19.0. The van der Waals surface area contributed by atoms with Crippen molar-refractivity contribution in [1.29, 1.82) is 0 Å². The number of nitrogens with one attached hydrogen (secondary N) is 3. The number of fused-ring (bicyclic) bond motifs is 5. The number of likely N-dealkylation sites (tertiary alicyclic amines) is 2. The lowest BCUT2D eigenvalue weighted by Crippen LogP contribution is -2.51. The molecule has 5 unspecified atom stereocenters. The minimum atomic E-state index is -0.740. The number of imidazole rings is 2. The van der Waals surface area contributed by atoms with E-state index in [1.54, 1.807) is 17.3 Å². The van der Waals surface area contributed by atoms with Crippen LogP contribution in [0, 0.1) is 17.7 Å². The van der Waals surface area contributed by atoms with Crippen LogP contribution < -0.4 is 20.5 Å². The fourth-order valence-corrected chi connectivity index (χ4v) is 10.7. The SMILES string of the molecule is COC(=O)NC(C(=O)N1CCCC1c1ncc(-c2ccc3c(c2)cc2n3C(c3cccc(OC4CCCCC4)c3)Oc3cc(-c4cnc(C5CCCN5C(=O)C(N)C(C)C)[nH]4)cc(F)c3-2)[nH]1)C(C)C. The normalized spacial score (nSPS) is 20.2. The van der Waals surface area contributed by atoms with Gasteiger partial charge in [-0.25, -0.2) is 19.2 Å². The molecule has 3 fully saturated rings. The molecule has 6 aromatic rings. The average Bonchev–Trinajstić information content (AvgIpc) is 4.22. The van der Waals surface area contributed by atoms with Crippen LogP contribution >= 0.6 is 0 Å². The van der Waals surface area contributed by atoms with Gasteiger partial charge in [0, 0.05) is 35.2 Å². The lowest BCUT2D eigenvalue weighted by atomic mass is 9.98. The van der Waals surface area contributed by atoms with Crippen molar-refractivity contribution < 1.29 is 33.0 Å². The molecule has 3 amide bonds. The van der Waals surface area contributed by atoms with Gasteiger partial charge >= 0.3 is 6.09 Å². The number of alkyl carbamates (subject to hydrolysis) is 1. The molecule has 5 N–H and O–H groups in total. The number of carbonyl (C=O) groups is 3. The molecule has 6 heterocycles. The van der Waals surface area contributed by atoms with E-state index in [-0.39, 0.29) is 41.8 Å². The van der Waals surface area contributed by atoms with Crippen molar-refractivity contribution in [3.63, 3.8) is 0 Å². The number of benzene rings is 3. The average molecular weight is 940 g/mol. The van der Waals surface area contributed by atoms with Gasteiger partial charge in [0.1, 0.15) is 35.0 Å². The number of amides is 3. The summed E-state index contributed by atoms with van der Waals surface area (Å²) in [5, 5.41) is 3.59. The van der Waals surface area contributed by atoms with Crippen molar-refractivity contribution in [2.24, 2.45) is 17.6 Å². The maximum absolute atomic E-state index is 17.0. The van der Waals surface area contributed by atoms with E-state index in [1.807, 2.05) is 81.1 Å². The number of rotatable bonds is 12. The first-order valence-electron chi connectivity index (χ1n) is 24.6. The predicted octanol–water partition coefficient (Wildman–Crippen LogP) is 9.57. The molecular formula is C53H62FN9O6. The van der Waals surface area contributed by atoms with Gasteiger partial charge in [0.25, 0.3) is 0 Å². The first-order valence-corrected chi connectivity index (χ1v) is 24.6. The van der Waals surface area contributed by atoms with E-state index < -0.39 is 30.2 Å². The van der Waals surface area contributed by atoms with Crippen LogP contribution in [0.2, 0.25) is 0 Å². The minimum Gasteiger partial charge on any atom is -0.490 e. The standard InChI is InChI=1S/C53H62FN9O6/c1-29(2)46(55)50(64)61-20-10-16-41(61)48-57-28-39(59-48)33-24-37(54)45-43-25-34-22-31(38-27-56-49(58-38)42-17-11-21-62(42)51(65)47(30(3)4)60-53(66)67-5)18-19-40(34)63(43)52(69-44(45)26-33)32-12-9-15-36(23-32)68-35-13-7-6-8-14-35/h9,12,15,18-19,22-30,35,41-42,46-47,52H,6-8,10-11,13-14,16-17,20-21,55H2,1-5H3,(H,56,58)(H,57,59)(H,60,66). The van der Waals surface area contributed by atoms with E-state index in [1.165, 1.54) is 19.6 Å². The first-order chi connectivity index (χ1) is 33.4. The third-order valence-electron chi connectivity index (χ3n) is 14.5. The highest BCUT2D eigenvalue weighted by Gasteiger charge is 2.39. The Balaban J connectivity index is 0.994. The summed E-state index contributed by atoms with van der Waals surface area (Å²) in [6, 6.07) is 17.6. The molecule has 3 aromatic heterocycles. The van der Waals surface area contributed by atoms with Crippen LogP contribution in [0.3, 0.4) is 0 Å². The fourth-order valence-electron chi connectivity index (χ4n) is 10.7. The number of hydrogen-bond acceptors (Lipinski definition) is 9. The molecule has 3 aliphatic heterocycles.